The topological polar surface area (TPSA) is 74.7 Å². The molecule has 0 unspecified atom stereocenters. The SMILES string of the molecule is O=c1c(=O)n(Cc2cn(-c3ccc(F)cc3)nn2)ccn1Cc1ccccc1. The van der Waals surface area contributed by atoms with E-state index in [9.17, 15) is 14.0 Å². The lowest BCUT2D eigenvalue weighted by molar-refractivity contribution is 0.626. The monoisotopic (exact) mass is 377 g/mol. The van der Waals surface area contributed by atoms with Gasteiger partial charge in [0.25, 0.3) is 0 Å². The van der Waals surface area contributed by atoms with Gasteiger partial charge in [-0.25, -0.2) is 9.07 Å². The molecule has 4 rings (SSSR count). The number of aromatic nitrogens is 5. The van der Waals surface area contributed by atoms with Gasteiger partial charge in [0.15, 0.2) is 0 Å². The zero-order chi connectivity index (χ0) is 19.5. The summed E-state index contributed by atoms with van der Waals surface area (Å²) in [6.07, 6.45) is 4.78. The van der Waals surface area contributed by atoms with Crippen LogP contribution in [0.5, 0.6) is 0 Å². The number of hydrogen-bond donors (Lipinski definition) is 0. The van der Waals surface area contributed by atoms with Gasteiger partial charge in [0.1, 0.15) is 11.5 Å². The van der Waals surface area contributed by atoms with E-state index in [1.165, 1.54) is 25.9 Å². The quantitative estimate of drug-likeness (QED) is 0.497. The maximum absolute atomic E-state index is 13.0. The highest BCUT2D eigenvalue weighted by Crippen LogP contribution is 2.08. The van der Waals surface area contributed by atoms with E-state index in [4.69, 9.17) is 0 Å². The standard InChI is InChI=1S/C20H16FN5O2/c21-16-6-8-18(9-7-16)26-14-17(22-23-26)13-25-11-10-24(19(27)20(25)28)12-15-4-2-1-3-5-15/h1-11,14H,12-13H2. The lowest BCUT2D eigenvalue weighted by Crippen LogP contribution is -2.40. The van der Waals surface area contributed by atoms with E-state index in [1.54, 1.807) is 30.7 Å². The third-order valence-electron chi connectivity index (χ3n) is 4.29. The van der Waals surface area contributed by atoms with Crippen molar-refractivity contribution in [3.05, 3.63) is 111 Å². The van der Waals surface area contributed by atoms with Crippen LogP contribution >= 0.6 is 0 Å². The fourth-order valence-electron chi connectivity index (χ4n) is 2.84. The van der Waals surface area contributed by atoms with E-state index in [-0.39, 0.29) is 12.4 Å². The number of rotatable bonds is 5. The molecule has 2 heterocycles. The van der Waals surface area contributed by atoms with Crippen LogP contribution in [0.25, 0.3) is 5.69 Å². The molecule has 0 saturated heterocycles. The van der Waals surface area contributed by atoms with Crippen molar-refractivity contribution in [1.82, 2.24) is 24.1 Å². The molecule has 0 radical (unpaired) electrons. The maximum atomic E-state index is 13.0. The van der Waals surface area contributed by atoms with Gasteiger partial charge >= 0.3 is 11.1 Å². The zero-order valence-corrected chi connectivity index (χ0v) is 14.8. The van der Waals surface area contributed by atoms with Gasteiger partial charge in [-0.1, -0.05) is 35.5 Å². The fraction of sp³-hybridized carbons (Fsp3) is 0.100. The van der Waals surface area contributed by atoms with Gasteiger partial charge in [-0.3, -0.25) is 9.59 Å². The first-order chi connectivity index (χ1) is 13.6. The summed E-state index contributed by atoms with van der Waals surface area (Å²) >= 11 is 0. The highest BCUT2D eigenvalue weighted by atomic mass is 19.1. The van der Waals surface area contributed by atoms with E-state index in [0.29, 0.717) is 17.9 Å². The Morgan fingerprint density at radius 1 is 0.821 bits per heavy atom. The molecule has 8 heteroatoms. The van der Waals surface area contributed by atoms with Crippen molar-refractivity contribution < 1.29 is 4.39 Å². The van der Waals surface area contributed by atoms with Crippen LogP contribution in [0.3, 0.4) is 0 Å². The van der Waals surface area contributed by atoms with E-state index in [2.05, 4.69) is 10.3 Å². The molecule has 0 N–H and O–H groups in total. The van der Waals surface area contributed by atoms with Crippen LogP contribution in [0.1, 0.15) is 11.3 Å². The molecule has 0 spiro atoms. The molecule has 0 aliphatic rings. The first-order valence-electron chi connectivity index (χ1n) is 8.61. The van der Waals surface area contributed by atoms with Crippen LogP contribution < -0.4 is 11.1 Å². The molecular weight excluding hydrogens is 361 g/mol. The third-order valence-corrected chi connectivity index (χ3v) is 4.29. The van der Waals surface area contributed by atoms with Crippen molar-refractivity contribution >= 4 is 0 Å². The molecule has 2 aromatic heterocycles. The second-order valence-electron chi connectivity index (χ2n) is 6.28. The molecule has 0 aliphatic carbocycles. The maximum Gasteiger partial charge on any atom is 0.316 e. The predicted molar refractivity (Wildman–Crippen MR) is 101 cm³/mol. The molecule has 0 saturated carbocycles. The summed E-state index contributed by atoms with van der Waals surface area (Å²) in [4.78, 5) is 24.8. The van der Waals surface area contributed by atoms with Gasteiger partial charge in [-0.05, 0) is 29.8 Å². The molecule has 0 amide bonds. The van der Waals surface area contributed by atoms with Gasteiger partial charge in [0, 0.05) is 12.4 Å². The molecule has 0 atom stereocenters. The number of benzene rings is 2. The van der Waals surface area contributed by atoms with Gasteiger partial charge in [-0.15, -0.1) is 5.10 Å². The average molecular weight is 377 g/mol. The Morgan fingerprint density at radius 3 is 2.14 bits per heavy atom. The van der Waals surface area contributed by atoms with Crippen LogP contribution in [0, 0.1) is 5.82 Å². The minimum atomic E-state index is -0.630. The number of halogens is 1. The van der Waals surface area contributed by atoms with Crippen molar-refractivity contribution in [2.24, 2.45) is 0 Å². The van der Waals surface area contributed by atoms with Crippen molar-refractivity contribution in [2.75, 3.05) is 0 Å². The molecule has 0 aliphatic heterocycles. The first-order valence-corrected chi connectivity index (χ1v) is 8.61. The summed E-state index contributed by atoms with van der Waals surface area (Å²) in [6.45, 7) is 0.442. The average Bonchev–Trinajstić information content (AvgIpc) is 3.18. The Balaban J connectivity index is 1.56. The molecule has 7 nitrogen and oxygen atoms in total. The van der Waals surface area contributed by atoms with Crippen LogP contribution in [0.4, 0.5) is 4.39 Å². The van der Waals surface area contributed by atoms with Crippen molar-refractivity contribution in [3.63, 3.8) is 0 Å². The Morgan fingerprint density at radius 2 is 1.46 bits per heavy atom. The highest BCUT2D eigenvalue weighted by molar-refractivity contribution is 5.30. The Hall–Kier alpha value is -3.81. The number of hydrogen-bond acceptors (Lipinski definition) is 4. The lowest BCUT2D eigenvalue weighted by atomic mass is 10.2. The summed E-state index contributed by atoms with van der Waals surface area (Å²) in [6, 6.07) is 15.2. The summed E-state index contributed by atoms with van der Waals surface area (Å²) in [5, 5.41) is 8.01. The van der Waals surface area contributed by atoms with Crippen LogP contribution in [0.2, 0.25) is 0 Å². The van der Waals surface area contributed by atoms with E-state index in [0.717, 1.165) is 5.56 Å². The van der Waals surface area contributed by atoms with Gasteiger partial charge in [0.2, 0.25) is 0 Å². The van der Waals surface area contributed by atoms with Crippen LogP contribution in [-0.4, -0.2) is 24.1 Å². The largest absolute Gasteiger partial charge is 0.316 e. The van der Waals surface area contributed by atoms with Gasteiger partial charge in [0.05, 0.1) is 25.0 Å². The Labute approximate surface area is 158 Å². The lowest BCUT2D eigenvalue weighted by Gasteiger charge is -2.08. The molecule has 4 aromatic rings. The van der Waals surface area contributed by atoms with Crippen LogP contribution in [0.15, 0.2) is 82.8 Å². The molecule has 140 valence electrons. The minimum absolute atomic E-state index is 0.113. The summed E-state index contributed by atoms with van der Waals surface area (Å²) < 4.78 is 17.2. The first kappa shape index (κ1) is 17.6. The minimum Gasteiger partial charge on any atom is -0.305 e. The van der Waals surface area contributed by atoms with E-state index in [1.807, 2.05) is 30.3 Å². The van der Waals surface area contributed by atoms with Crippen molar-refractivity contribution in [3.8, 4) is 5.69 Å². The third kappa shape index (κ3) is 3.66. The predicted octanol–water partition coefficient (Wildman–Crippen LogP) is 1.83. The van der Waals surface area contributed by atoms with Crippen molar-refractivity contribution in [1.29, 1.82) is 0 Å². The van der Waals surface area contributed by atoms with Gasteiger partial charge < -0.3 is 9.13 Å². The smallest absolute Gasteiger partial charge is 0.305 e. The summed E-state index contributed by atoms with van der Waals surface area (Å²) in [5.41, 5.74) is 0.855. The Kier molecular flexibility index (Phi) is 4.67. The zero-order valence-electron chi connectivity index (χ0n) is 14.8. The summed E-state index contributed by atoms with van der Waals surface area (Å²) in [5.74, 6) is -0.341. The Bertz CT molecular complexity index is 1210. The molecule has 28 heavy (non-hydrogen) atoms. The highest BCUT2D eigenvalue weighted by Gasteiger charge is 2.09. The molecule has 0 fully saturated rings. The fourth-order valence-corrected chi connectivity index (χ4v) is 2.84. The molecule has 2 aromatic carbocycles. The second-order valence-corrected chi connectivity index (χ2v) is 6.28. The number of nitrogens with zero attached hydrogens (tertiary/aromatic N) is 5. The normalized spacial score (nSPS) is 10.9. The molecule has 0 bridgehead atoms. The van der Waals surface area contributed by atoms with E-state index >= 15 is 0 Å². The summed E-state index contributed by atoms with van der Waals surface area (Å²) in [7, 11) is 0. The van der Waals surface area contributed by atoms with Gasteiger partial charge in [-0.2, -0.15) is 0 Å². The van der Waals surface area contributed by atoms with Crippen LogP contribution in [-0.2, 0) is 13.1 Å². The molecular formula is C20H16FN5O2. The van der Waals surface area contributed by atoms with E-state index < -0.39 is 11.1 Å². The van der Waals surface area contributed by atoms with Crippen molar-refractivity contribution in [2.45, 2.75) is 13.1 Å². The second kappa shape index (κ2) is 7.43.